The second-order valence-electron chi connectivity index (χ2n) is 5.65. The number of nitrogens with one attached hydrogen (secondary N) is 2. The molecule has 0 saturated carbocycles. The van der Waals surface area contributed by atoms with Crippen LogP contribution in [0.5, 0.6) is 0 Å². The van der Waals surface area contributed by atoms with Crippen LogP contribution in [0.1, 0.15) is 25.2 Å². The predicted octanol–water partition coefficient (Wildman–Crippen LogP) is 2.91. The molecule has 3 aromatic rings. The molecule has 0 amide bonds. The van der Waals surface area contributed by atoms with E-state index >= 15 is 0 Å². The van der Waals surface area contributed by atoms with Crippen LogP contribution in [0.15, 0.2) is 36.4 Å². The highest BCUT2D eigenvalue weighted by Gasteiger charge is 2.27. The van der Waals surface area contributed by atoms with E-state index in [1.807, 2.05) is 43.4 Å². The molecule has 5 nitrogen and oxygen atoms in total. The van der Waals surface area contributed by atoms with Gasteiger partial charge in [0.1, 0.15) is 11.6 Å². The van der Waals surface area contributed by atoms with E-state index in [2.05, 4.69) is 34.1 Å². The van der Waals surface area contributed by atoms with E-state index in [-0.39, 0.29) is 5.41 Å². The number of hydrogen-bond donors (Lipinski definition) is 3. The number of hydrogen-bond acceptors (Lipinski definition) is 4. The molecule has 0 atom stereocenters. The number of imidazole rings is 1. The molecular weight excluding hydrogens is 262 g/mol. The summed E-state index contributed by atoms with van der Waals surface area (Å²) in [6.45, 7) is 4.27. The second kappa shape index (κ2) is 4.77. The summed E-state index contributed by atoms with van der Waals surface area (Å²) in [5.41, 5.74) is 9.10. The van der Waals surface area contributed by atoms with E-state index in [1.54, 1.807) is 0 Å². The van der Waals surface area contributed by atoms with Gasteiger partial charge in [0, 0.05) is 18.2 Å². The van der Waals surface area contributed by atoms with Gasteiger partial charge in [-0.25, -0.2) is 9.97 Å². The van der Waals surface area contributed by atoms with Gasteiger partial charge < -0.3 is 16.0 Å². The van der Waals surface area contributed by atoms with Crippen LogP contribution in [-0.2, 0) is 5.41 Å². The van der Waals surface area contributed by atoms with E-state index < -0.39 is 0 Å². The van der Waals surface area contributed by atoms with Crippen molar-refractivity contribution in [2.75, 3.05) is 18.1 Å². The Labute approximate surface area is 123 Å². The van der Waals surface area contributed by atoms with E-state index in [1.165, 1.54) is 0 Å². The molecule has 108 valence electrons. The van der Waals surface area contributed by atoms with Gasteiger partial charge in [0.2, 0.25) is 0 Å². The predicted molar refractivity (Wildman–Crippen MR) is 86.4 cm³/mol. The van der Waals surface area contributed by atoms with Crippen LogP contribution in [0.3, 0.4) is 0 Å². The number of fused-ring (bicyclic) bond motifs is 1. The molecule has 2 aromatic heterocycles. The first-order valence-electron chi connectivity index (χ1n) is 6.92. The molecule has 0 spiro atoms. The summed E-state index contributed by atoms with van der Waals surface area (Å²) in [6, 6.07) is 11.8. The maximum Gasteiger partial charge on any atom is 0.179 e. The Morgan fingerprint density at radius 2 is 1.76 bits per heavy atom. The summed E-state index contributed by atoms with van der Waals surface area (Å²) in [5, 5.41) is 3.03. The number of nitrogens with zero attached hydrogens (tertiary/aromatic N) is 2. The fourth-order valence-electron chi connectivity index (χ4n) is 2.36. The van der Waals surface area contributed by atoms with Crippen molar-refractivity contribution in [1.29, 1.82) is 0 Å². The molecule has 5 heteroatoms. The lowest BCUT2D eigenvalue weighted by Crippen LogP contribution is -2.20. The molecule has 0 aliphatic rings. The highest BCUT2D eigenvalue weighted by Crippen LogP contribution is 2.31. The summed E-state index contributed by atoms with van der Waals surface area (Å²) in [4.78, 5) is 12.5. The van der Waals surface area contributed by atoms with Crippen molar-refractivity contribution in [3.8, 4) is 0 Å². The van der Waals surface area contributed by atoms with Crippen LogP contribution in [0.2, 0.25) is 0 Å². The summed E-state index contributed by atoms with van der Waals surface area (Å²) in [6.07, 6.45) is 0. The molecule has 1 aromatic carbocycles. The van der Waals surface area contributed by atoms with Gasteiger partial charge in [-0.05, 0) is 43.7 Å². The van der Waals surface area contributed by atoms with Gasteiger partial charge in [-0.2, -0.15) is 0 Å². The van der Waals surface area contributed by atoms with Crippen molar-refractivity contribution >= 4 is 22.7 Å². The molecular formula is C16H19N5. The zero-order chi connectivity index (χ0) is 15.0. The molecule has 2 heterocycles. The number of aromatic amines is 1. The van der Waals surface area contributed by atoms with Crippen LogP contribution >= 0.6 is 0 Å². The lowest BCUT2D eigenvalue weighted by Gasteiger charge is -2.22. The van der Waals surface area contributed by atoms with Crippen molar-refractivity contribution in [3.05, 3.63) is 47.8 Å². The Kier molecular flexibility index (Phi) is 3.05. The van der Waals surface area contributed by atoms with Crippen LogP contribution in [0.25, 0.3) is 11.2 Å². The van der Waals surface area contributed by atoms with Gasteiger partial charge >= 0.3 is 0 Å². The Morgan fingerprint density at radius 3 is 2.43 bits per heavy atom. The Morgan fingerprint density at radius 1 is 1.05 bits per heavy atom. The summed E-state index contributed by atoms with van der Waals surface area (Å²) < 4.78 is 0. The number of pyridine rings is 1. The van der Waals surface area contributed by atoms with E-state index in [0.717, 1.165) is 34.1 Å². The van der Waals surface area contributed by atoms with Crippen molar-refractivity contribution in [2.24, 2.45) is 0 Å². The van der Waals surface area contributed by atoms with Crippen LogP contribution in [-0.4, -0.2) is 22.0 Å². The first-order chi connectivity index (χ1) is 10.0. The zero-order valence-electron chi connectivity index (χ0n) is 12.4. The number of nitrogens with two attached hydrogens (primary N) is 1. The van der Waals surface area contributed by atoms with Gasteiger partial charge in [0.05, 0.1) is 5.52 Å². The van der Waals surface area contributed by atoms with Gasteiger partial charge in [-0.3, -0.25) is 0 Å². The summed E-state index contributed by atoms with van der Waals surface area (Å²) in [5.74, 6) is 1.70. The minimum Gasteiger partial charge on any atom is -0.399 e. The monoisotopic (exact) mass is 281 g/mol. The Bertz CT molecular complexity index is 771. The molecule has 0 saturated heterocycles. The number of nitrogen functional groups attached to an aromatic ring is 1. The minimum atomic E-state index is -0.242. The highest BCUT2D eigenvalue weighted by atomic mass is 15.0. The van der Waals surface area contributed by atoms with Crippen molar-refractivity contribution in [1.82, 2.24) is 15.0 Å². The molecule has 0 bridgehead atoms. The average Bonchev–Trinajstić information content (AvgIpc) is 2.91. The molecule has 21 heavy (non-hydrogen) atoms. The normalized spacial score (nSPS) is 11.8. The van der Waals surface area contributed by atoms with Gasteiger partial charge in [0.25, 0.3) is 0 Å². The fraction of sp³-hybridized carbons (Fsp3) is 0.250. The van der Waals surface area contributed by atoms with E-state index in [0.29, 0.717) is 0 Å². The van der Waals surface area contributed by atoms with E-state index in [4.69, 9.17) is 5.73 Å². The lowest BCUT2D eigenvalue weighted by atomic mass is 9.84. The van der Waals surface area contributed by atoms with Crippen molar-refractivity contribution in [2.45, 2.75) is 19.3 Å². The average molecular weight is 281 g/mol. The maximum absolute atomic E-state index is 5.76. The standard InChI is InChI=1S/C16H19N5/c1-16(2,10-4-6-11(17)7-5-10)15-19-12-8-9-13(18-3)20-14(12)21-15/h4-9H,17H2,1-3H3,(H2,18,19,20,21). The zero-order valence-corrected chi connectivity index (χ0v) is 12.4. The summed E-state index contributed by atoms with van der Waals surface area (Å²) in [7, 11) is 1.85. The Hall–Kier alpha value is -2.56. The third-order valence-corrected chi connectivity index (χ3v) is 3.83. The molecule has 0 aliphatic carbocycles. The van der Waals surface area contributed by atoms with Gasteiger partial charge in [-0.1, -0.05) is 12.1 Å². The number of benzene rings is 1. The quantitative estimate of drug-likeness (QED) is 0.645. The molecule has 0 radical (unpaired) electrons. The Balaban J connectivity index is 2.07. The smallest absolute Gasteiger partial charge is 0.179 e. The first kappa shape index (κ1) is 13.4. The van der Waals surface area contributed by atoms with Crippen molar-refractivity contribution < 1.29 is 0 Å². The third-order valence-electron chi connectivity index (χ3n) is 3.83. The molecule has 0 aliphatic heterocycles. The molecule has 3 rings (SSSR count). The van der Waals surface area contributed by atoms with Gasteiger partial charge in [-0.15, -0.1) is 0 Å². The van der Waals surface area contributed by atoms with Gasteiger partial charge in [0.15, 0.2) is 5.65 Å². The summed E-state index contributed by atoms with van der Waals surface area (Å²) >= 11 is 0. The number of aromatic nitrogens is 3. The number of rotatable bonds is 3. The topological polar surface area (TPSA) is 79.6 Å². The van der Waals surface area contributed by atoms with Crippen LogP contribution in [0, 0.1) is 0 Å². The minimum absolute atomic E-state index is 0.242. The van der Waals surface area contributed by atoms with Crippen LogP contribution < -0.4 is 11.1 Å². The van der Waals surface area contributed by atoms with Crippen molar-refractivity contribution in [3.63, 3.8) is 0 Å². The largest absolute Gasteiger partial charge is 0.399 e. The van der Waals surface area contributed by atoms with E-state index in [9.17, 15) is 0 Å². The fourth-order valence-corrected chi connectivity index (χ4v) is 2.36. The highest BCUT2D eigenvalue weighted by molar-refractivity contribution is 5.73. The second-order valence-corrected chi connectivity index (χ2v) is 5.65. The molecule has 0 fully saturated rings. The SMILES string of the molecule is CNc1ccc2[nH]c(C(C)(C)c3ccc(N)cc3)nc2n1. The molecule has 0 unspecified atom stereocenters. The van der Waals surface area contributed by atoms with Crippen LogP contribution in [0.4, 0.5) is 11.5 Å². The lowest BCUT2D eigenvalue weighted by molar-refractivity contribution is 0.601. The first-order valence-corrected chi connectivity index (χ1v) is 6.92. The third kappa shape index (κ3) is 2.31. The maximum atomic E-state index is 5.76. The number of H-pyrrole nitrogens is 1. The number of anilines is 2. The molecule has 4 N–H and O–H groups in total.